The Balaban J connectivity index is 1.45. The summed E-state index contributed by atoms with van der Waals surface area (Å²) in [5.41, 5.74) is 5.68. The summed E-state index contributed by atoms with van der Waals surface area (Å²) < 4.78 is 5.30. The number of ether oxygens (including phenoxy) is 1. The molecule has 1 aromatic carbocycles. The van der Waals surface area contributed by atoms with E-state index in [-0.39, 0.29) is 23.8 Å². The summed E-state index contributed by atoms with van der Waals surface area (Å²) in [5.74, 6) is -0.649. The Kier molecular flexibility index (Phi) is 6.03. The van der Waals surface area contributed by atoms with Gasteiger partial charge in [-0.05, 0) is 18.1 Å². The minimum Gasteiger partial charge on any atom is -0.508 e. The monoisotopic (exact) mass is 376 g/mol. The molecule has 0 spiro atoms. The molecular weight excluding hydrogens is 356 g/mol. The molecule has 3 N–H and O–H groups in total. The van der Waals surface area contributed by atoms with E-state index in [4.69, 9.17) is 4.74 Å². The fourth-order valence-corrected chi connectivity index (χ4v) is 3.35. The molecule has 26 heavy (non-hydrogen) atoms. The minimum absolute atomic E-state index is 0.147. The number of amides is 2. The highest BCUT2D eigenvalue weighted by molar-refractivity contribution is 7.13. The van der Waals surface area contributed by atoms with Gasteiger partial charge in [-0.15, -0.1) is 11.3 Å². The number of anilines is 1. The summed E-state index contributed by atoms with van der Waals surface area (Å²) in [5, 5.41) is 12.1. The van der Waals surface area contributed by atoms with Crippen molar-refractivity contribution in [2.24, 2.45) is 0 Å². The van der Waals surface area contributed by atoms with Gasteiger partial charge in [-0.1, -0.05) is 18.2 Å². The Labute approximate surface area is 154 Å². The topological polar surface area (TPSA) is 104 Å². The Hall–Kier alpha value is -2.65. The molecule has 1 aliphatic heterocycles. The summed E-state index contributed by atoms with van der Waals surface area (Å²) in [6.45, 7) is 2.79. The summed E-state index contributed by atoms with van der Waals surface area (Å²) in [6, 6.07) is 6.84. The van der Waals surface area contributed by atoms with Gasteiger partial charge in [-0.25, -0.2) is 4.98 Å². The van der Waals surface area contributed by atoms with Gasteiger partial charge >= 0.3 is 0 Å². The smallest absolute Gasteiger partial charge is 0.289 e. The average Bonchev–Trinajstić information content (AvgIpc) is 3.16. The lowest BCUT2D eigenvalue weighted by Crippen LogP contribution is -2.42. The number of para-hydroxylation sites is 1. The summed E-state index contributed by atoms with van der Waals surface area (Å²) in [6.07, 6.45) is 0.528. The number of aromatic nitrogens is 1. The molecule has 3 rings (SSSR count). The second kappa shape index (κ2) is 8.63. The van der Waals surface area contributed by atoms with Crippen LogP contribution < -0.4 is 15.8 Å². The molecule has 1 saturated heterocycles. The van der Waals surface area contributed by atoms with Gasteiger partial charge in [0.2, 0.25) is 5.91 Å². The minimum atomic E-state index is -0.461. The van der Waals surface area contributed by atoms with E-state index in [0.29, 0.717) is 25.2 Å². The zero-order valence-electron chi connectivity index (χ0n) is 14.1. The number of phenolic OH excluding ortho intramolecular Hbond substituents is 1. The molecule has 2 aromatic rings. The highest BCUT2D eigenvalue weighted by Gasteiger charge is 2.17. The van der Waals surface area contributed by atoms with Gasteiger partial charge in [0.05, 0.1) is 13.2 Å². The first-order valence-corrected chi connectivity index (χ1v) is 9.16. The number of rotatable bonds is 5. The highest BCUT2D eigenvalue weighted by Crippen LogP contribution is 2.21. The first kappa shape index (κ1) is 18.2. The zero-order chi connectivity index (χ0) is 18.4. The number of nitrogens with one attached hydrogen (secondary N) is 2. The number of hydrogen-bond donors (Lipinski definition) is 3. The lowest BCUT2D eigenvalue weighted by atomic mass is 10.1. The Bertz CT molecular complexity index is 774. The number of hydrogen-bond acceptors (Lipinski definition) is 7. The van der Waals surface area contributed by atoms with Crippen LogP contribution in [0.25, 0.3) is 0 Å². The van der Waals surface area contributed by atoms with E-state index >= 15 is 0 Å². The lowest BCUT2D eigenvalue weighted by Gasteiger charge is -2.25. The zero-order valence-corrected chi connectivity index (χ0v) is 14.9. The first-order valence-electron chi connectivity index (χ1n) is 8.28. The molecule has 9 heteroatoms. The molecule has 0 radical (unpaired) electrons. The summed E-state index contributed by atoms with van der Waals surface area (Å²) >= 11 is 1.39. The van der Waals surface area contributed by atoms with Crippen LogP contribution >= 0.6 is 11.3 Å². The molecule has 2 amide bonds. The third-order valence-electron chi connectivity index (χ3n) is 3.93. The van der Waals surface area contributed by atoms with E-state index in [1.807, 2.05) is 0 Å². The van der Waals surface area contributed by atoms with Crippen molar-refractivity contribution in [3.63, 3.8) is 0 Å². The van der Waals surface area contributed by atoms with Gasteiger partial charge in [0.25, 0.3) is 5.91 Å². The maximum absolute atomic E-state index is 12.1. The highest BCUT2D eigenvalue weighted by atomic mass is 32.1. The Morgan fingerprint density at radius 2 is 2.00 bits per heavy atom. The van der Waals surface area contributed by atoms with Gasteiger partial charge < -0.3 is 14.7 Å². The van der Waals surface area contributed by atoms with Crippen LogP contribution in [0.15, 0.2) is 29.6 Å². The fourth-order valence-electron chi connectivity index (χ4n) is 2.49. The largest absolute Gasteiger partial charge is 0.508 e. The molecule has 1 aromatic heterocycles. The SMILES string of the molecule is O=C(CCc1ccccc1O)NNC(=O)c1csc(N2CCOCC2)n1. The maximum Gasteiger partial charge on any atom is 0.289 e. The van der Waals surface area contributed by atoms with E-state index in [0.717, 1.165) is 18.2 Å². The van der Waals surface area contributed by atoms with Crippen molar-refractivity contribution in [1.82, 2.24) is 15.8 Å². The van der Waals surface area contributed by atoms with Crippen molar-refractivity contribution in [3.8, 4) is 5.75 Å². The quantitative estimate of drug-likeness (QED) is 0.675. The van der Waals surface area contributed by atoms with Crippen LogP contribution in [0, 0.1) is 0 Å². The third-order valence-corrected chi connectivity index (χ3v) is 4.84. The lowest BCUT2D eigenvalue weighted by molar-refractivity contribution is -0.121. The number of carbonyl (C=O) groups excluding carboxylic acids is 2. The van der Waals surface area contributed by atoms with Crippen molar-refractivity contribution in [1.29, 1.82) is 0 Å². The van der Waals surface area contributed by atoms with Crippen LogP contribution in [0.5, 0.6) is 5.75 Å². The maximum atomic E-state index is 12.1. The average molecular weight is 376 g/mol. The molecule has 0 saturated carbocycles. The molecule has 0 bridgehead atoms. The van der Waals surface area contributed by atoms with Gasteiger partial charge in [0.1, 0.15) is 11.4 Å². The summed E-state index contributed by atoms with van der Waals surface area (Å²) in [7, 11) is 0. The molecular formula is C17H20N4O4S. The van der Waals surface area contributed by atoms with Gasteiger partial charge in [-0.3, -0.25) is 20.4 Å². The molecule has 0 unspecified atom stereocenters. The molecule has 1 aliphatic rings. The number of aromatic hydroxyl groups is 1. The van der Waals surface area contributed by atoms with Crippen LogP contribution in [-0.2, 0) is 16.0 Å². The Morgan fingerprint density at radius 1 is 1.23 bits per heavy atom. The number of thiazole rings is 1. The number of morpholine rings is 1. The predicted molar refractivity (Wildman–Crippen MR) is 97.2 cm³/mol. The number of phenols is 1. The van der Waals surface area contributed by atoms with Gasteiger partial charge in [0.15, 0.2) is 5.13 Å². The van der Waals surface area contributed by atoms with Crippen molar-refractivity contribution >= 4 is 28.3 Å². The van der Waals surface area contributed by atoms with Crippen molar-refractivity contribution in [3.05, 3.63) is 40.9 Å². The van der Waals surface area contributed by atoms with Crippen LogP contribution in [0.2, 0.25) is 0 Å². The normalized spacial score (nSPS) is 14.1. The first-order chi connectivity index (χ1) is 12.6. The van der Waals surface area contributed by atoms with Crippen LogP contribution in [0.1, 0.15) is 22.5 Å². The molecule has 1 fully saturated rings. The molecule has 0 aliphatic carbocycles. The van der Waals surface area contributed by atoms with Crippen LogP contribution in [0.4, 0.5) is 5.13 Å². The van der Waals surface area contributed by atoms with Crippen LogP contribution in [-0.4, -0.2) is 48.2 Å². The van der Waals surface area contributed by atoms with Crippen molar-refractivity contribution < 1.29 is 19.4 Å². The predicted octanol–water partition coefficient (Wildman–Crippen LogP) is 1.08. The fraction of sp³-hybridized carbons (Fsp3) is 0.353. The van der Waals surface area contributed by atoms with Crippen molar-refractivity contribution in [2.45, 2.75) is 12.8 Å². The Morgan fingerprint density at radius 3 is 2.77 bits per heavy atom. The second-order valence-corrected chi connectivity index (χ2v) is 6.58. The van der Waals surface area contributed by atoms with E-state index < -0.39 is 5.91 Å². The standard InChI is InChI=1S/C17H20N4O4S/c22-14-4-2-1-3-12(14)5-6-15(23)19-20-16(24)13-11-26-17(18-13)21-7-9-25-10-8-21/h1-4,11,22H,5-10H2,(H,19,23)(H,20,24). The van der Waals surface area contributed by atoms with Gasteiger partial charge in [-0.2, -0.15) is 0 Å². The molecule has 8 nitrogen and oxygen atoms in total. The van der Waals surface area contributed by atoms with Crippen LogP contribution in [0.3, 0.4) is 0 Å². The number of hydrazine groups is 1. The van der Waals surface area contributed by atoms with Crippen molar-refractivity contribution in [2.75, 3.05) is 31.2 Å². The van der Waals surface area contributed by atoms with E-state index in [9.17, 15) is 14.7 Å². The van der Waals surface area contributed by atoms with E-state index in [1.165, 1.54) is 11.3 Å². The van der Waals surface area contributed by atoms with E-state index in [2.05, 4.69) is 20.7 Å². The number of aryl methyl sites for hydroxylation is 1. The second-order valence-electron chi connectivity index (χ2n) is 5.75. The third kappa shape index (κ3) is 4.70. The van der Waals surface area contributed by atoms with Gasteiger partial charge in [0, 0.05) is 24.9 Å². The number of benzene rings is 1. The molecule has 2 heterocycles. The number of carbonyl (C=O) groups is 2. The molecule has 0 atom stereocenters. The van der Waals surface area contributed by atoms with E-state index in [1.54, 1.807) is 29.6 Å². The summed E-state index contributed by atoms with van der Waals surface area (Å²) in [4.78, 5) is 30.4. The molecule has 138 valence electrons. The number of nitrogens with zero attached hydrogens (tertiary/aromatic N) is 2.